The molecule has 2 nitrogen and oxygen atoms in total. The first-order valence-corrected chi connectivity index (χ1v) is 7.39. The van der Waals surface area contributed by atoms with Crippen molar-refractivity contribution in [2.24, 2.45) is 5.73 Å². The number of benzene rings is 2. The van der Waals surface area contributed by atoms with Gasteiger partial charge >= 0.3 is 0 Å². The number of nitrogens with zero attached hydrogens (tertiary/aromatic N) is 1. The minimum atomic E-state index is 0.620. The smallest absolute Gasteiger partial charge is 0.0432 e. The summed E-state index contributed by atoms with van der Waals surface area (Å²) >= 11 is 0. The highest BCUT2D eigenvalue weighted by atomic mass is 15.1. The number of hydrogen-bond donors (Lipinski definition) is 1. The number of rotatable bonds is 2. The first-order chi connectivity index (χ1) is 9.78. The Hall–Kier alpha value is -1.80. The topological polar surface area (TPSA) is 29.3 Å². The SMILES string of the molecule is Cc1cc(N2CCCc3ccccc3C2)ccc1CN. The number of fused-ring (bicyclic) bond motifs is 1. The highest BCUT2D eigenvalue weighted by Crippen LogP contribution is 2.25. The number of anilines is 1. The molecule has 0 saturated carbocycles. The largest absolute Gasteiger partial charge is 0.367 e. The molecule has 0 bridgehead atoms. The van der Waals surface area contributed by atoms with E-state index < -0.39 is 0 Å². The maximum atomic E-state index is 5.75. The molecule has 1 heterocycles. The quantitative estimate of drug-likeness (QED) is 0.902. The van der Waals surface area contributed by atoms with Crippen LogP contribution in [0.15, 0.2) is 42.5 Å². The van der Waals surface area contributed by atoms with E-state index in [1.54, 1.807) is 0 Å². The molecule has 1 aliphatic rings. The molecule has 0 atom stereocenters. The van der Waals surface area contributed by atoms with Gasteiger partial charge < -0.3 is 10.6 Å². The van der Waals surface area contributed by atoms with Crippen molar-refractivity contribution in [2.75, 3.05) is 11.4 Å². The molecule has 3 rings (SSSR count). The maximum absolute atomic E-state index is 5.75. The Morgan fingerprint density at radius 2 is 1.90 bits per heavy atom. The van der Waals surface area contributed by atoms with E-state index >= 15 is 0 Å². The molecular weight excluding hydrogens is 244 g/mol. The predicted octanol–water partition coefficient (Wildman–Crippen LogP) is 3.41. The van der Waals surface area contributed by atoms with E-state index in [9.17, 15) is 0 Å². The molecule has 2 aromatic carbocycles. The molecule has 0 spiro atoms. The van der Waals surface area contributed by atoms with Gasteiger partial charge in [-0.3, -0.25) is 0 Å². The Morgan fingerprint density at radius 3 is 2.65 bits per heavy atom. The Morgan fingerprint density at radius 1 is 1.10 bits per heavy atom. The van der Waals surface area contributed by atoms with Gasteiger partial charge in [0.25, 0.3) is 0 Å². The van der Waals surface area contributed by atoms with Gasteiger partial charge in [0.2, 0.25) is 0 Å². The summed E-state index contributed by atoms with van der Waals surface area (Å²) in [5, 5.41) is 0. The molecule has 2 heteroatoms. The molecule has 0 unspecified atom stereocenters. The van der Waals surface area contributed by atoms with E-state index in [0.29, 0.717) is 6.54 Å². The van der Waals surface area contributed by atoms with Gasteiger partial charge in [-0.2, -0.15) is 0 Å². The zero-order valence-corrected chi connectivity index (χ0v) is 12.1. The molecule has 0 radical (unpaired) electrons. The van der Waals surface area contributed by atoms with Crippen LogP contribution in [-0.2, 0) is 19.5 Å². The van der Waals surface area contributed by atoms with Gasteiger partial charge in [-0.05, 0) is 54.2 Å². The summed E-state index contributed by atoms with van der Waals surface area (Å²) < 4.78 is 0. The van der Waals surface area contributed by atoms with Crippen LogP contribution < -0.4 is 10.6 Å². The Labute approximate surface area is 121 Å². The third-order valence-corrected chi connectivity index (χ3v) is 4.26. The Balaban J connectivity index is 1.89. The van der Waals surface area contributed by atoms with Gasteiger partial charge in [0, 0.05) is 25.3 Å². The molecule has 1 aliphatic heterocycles. The van der Waals surface area contributed by atoms with E-state index in [2.05, 4.69) is 54.3 Å². The van der Waals surface area contributed by atoms with Crippen LogP contribution in [0.3, 0.4) is 0 Å². The van der Waals surface area contributed by atoms with Crippen LogP contribution in [0.1, 0.15) is 28.7 Å². The number of nitrogens with two attached hydrogens (primary N) is 1. The lowest BCUT2D eigenvalue weighted by atomic mass is 10.0. The van der Waals surface area contributed by atoms with Crippen molar-refractivity contribution in [3.05, 3.63) is 64.7 Å². The van der Waals surface area contributed by atoms with Crippen molar-refractivity contribution < 1.29 is 0 Å². The average Bonchev–Trinajstić information content (AvgIpc) is 2.69. The number of hydrogen-bond acceptors (Lipinski definition) is 2. The van der Waals surface area contributed by atoms with E-state index in [-0.39, 0.29) is 0 Å². The average molecular weight is 266 g/mol. The molecule has 2 N–H and O–H groups in total. The van der Waals surface area contributed by atoms with E-state index in [0.717, 1.165) is 13.1 Å². The summed E-state index contributed by atoms with van der Waals surface area (Å²) in [4.78, 5) is 2.49. The fraction of sp³-hybridized carbons (Fsp3) is 0.333. The second-order valence-corrected chi connectivity index (χ2v) is 5.61. The van der Waals surface area contributed by atoms with Crippen LogP contribution >= 0.6 is 0 Å². The second-order valence-electron chi connectivity index (χ2n) is 5.61. The summed E-state index contributed by atoms with van der Waals surface area (Å²) in [5.74, 6) is 0. The van der Waals surface area contributed by atoms with Crippen molar-refractivity contribution >= 4 is 5.69 Å². The van der Waals surface area contributed by atoms with Crippen LogP contribution in [0.4, 0.5) is 5.69 Å². The molecule has 0 fully saturated rings. The van der Waals surface area contributed by atoms with E-state index in [4.69, 9.17) is 5.73 Å². The Kier molecular flexibility index (Phi) is 3.75. The molecule has 0 aromatic heterocycles. The van der Waals surface area contributed by atoms with Crippen LogP contribution in [-0.4, -0.2) is 6.54 Å². The zero-order valence-electron chi connectivity index (χ0n) is 12.1. The summed E-state index contributed by atoms with van der Waals surface area (Å²) in [6.45, 7) is 4.90. The maximum Gasteiger partial charge on any atom is 0.0432 e. The summed E-state index contributed by atoms with van der Waals surface area (Å²) in [6, 6.07) is 15.5. The standard InChI is InChI=1S/C18H22N2/c1-14-11-18(9-8-16(14)12-19)20-10-4-7-15-5-2-3-6-17(15)13-20/h2-3,5-6,8-9,11H,4,7,10,12-13,19H2,1H3. The van der Waals surface area contributed by atoms with Gasteiger partial charge in [-0.1, -0.05) is 30.3 Å². The van der Waals surface area contributed by atoms with E-state index in [1.165, 1.54) is 40.8 Å². The fourth-order valence-electron chi connectivity index (χ4n) is 3.03. The first-order valence-electron chi connectivity index (χ1n) is 7.39. The van der Waals surface area contributed by atoms with E-state index in [1.807, 2.05) is 0 Å². The third kappa shape index (κ3) is 2.56. The predicted molar refractivity (Wildman–Crippen MR) is 84.9 cm³/mol. The molecule has 0 aliphatic carbocycles. The summed E-state index contributed by atoms with van der Waals surface area (Å²) in [6.07, 6.45) is 2.40. The van der Waals surface area contributed by atoms with Gasteiger partial charge in [0.1, 0.15) is 0 Å². The van der Waals surface area contributed by atoms with Gasteiger partial charge in [0.15, 0.2) is 0 Å². The summed E-state index contributed by atoms with van der Waals surface area (Å²) in [5.41, 5.74) is 12.6. The van der Waals surface area contributed by atoms with Crippen molar-refractivity contribution in [1.29, 1.82) is 0 Å². The Bertz CT molecular complexity index is 604. The van der Waals surface area contributed by atoms with Crippen molar-refractivity contribution in [2.45, 2.75) is 32.9 Å². The minimum absolute atomic E-state index is 0.620. The lowest BCUT2D eigenvalue weighted by molar-refractivity contribution is 0.765. The summed E-state index contributed by atoms with van der Waals surface area (Å²) in [7, 11) is 0. The van der Waals surface area contributed by atoms with Gasteiger partial charge in [-0.25, -0.2) is 0 Å². The van der Waals surface area contributed by atoms with Gasteiger partial charge in [0.05, 0.1) is 0 Å². The molecule has 104 valence electrons. The van der Waals surface area contributed by atoms with Crippen LogP contribution in [0.25, 0.3) is 0 Å². The number of aryl methyl sites for hydroxylation is 2. The lowest BCUT2D eigenvalue weighted by Gasteiger charge is -2.24. The first kappa shape index (κ1) is 13.2. The molecular formula is C18H22N2. The molecule has 20 heavy (non-hydrogen) atoms. The molecule has 0 saturated heterocycles. The van der Waals surface area contributed by atoms with Crippen LogP contribution in [0.5, 0.6) is 0 Å². The van der Waals surface area contributed by atoms with Crippen molar-refractivity contribution in [3.8, 4) is 0 Å². The third-order valence-electron chi connectivity index (χ3n) is 4.26. The highest BCUT2D eigenvalue weighted by molar-refractivity contribution is 5.52. The van der Waals surface area contributed by atoms with Crippen molar-refractivity contribution in [1.82, 2.24) is 0 Å². The van der Waals surface area contributed by atoms with Gasteiger partial charge in [-0.15, -0.1) is 0 Å². The highest BCUT2D eigenvalue weighted by Gasteiger charge is 2.14. The normalized spacial score (nSPS) is 14.8. The fourth-order valence-corrected chi connectivity index (χ4v) is 3.03. The lowest BCUT2D eigenvalue weighted by Crippen LogP contribution is -2.22. The van der Waals surface area contributed by atoms with Crippen molar-refractivity contribution in [3.63, 3.8) is 0 Å². The van der Waals surface area contributed by atoms with Crippen LogP contribution in [0.2, 0.25) is 0 Å². The molecule has 2 aromatic rings. The monoisotopic (exact) mass is 266 g/mol. The second kappa shape index (κ2) is 5.68. The van der Waals surface area contributed by atoms with Crippen LogP contribution in [0, 0.1) is 6.92 Å². The minimum Gasteiger partial charge on any atom is -0.367 e. The molecule has 0 amide bonds. The zero-order chi connectivity index (χ0) is 13.9.